The van der Waals surface area contributed by atoms with Crippen molar-refractivity contribution < 1.29 is 32.7 Å². The maximum absolute atomic E-state index is 13.2. The molecule has 0 aromatic heterocycles. The van der Waals surface area contributed by atoms with Crippen molar-refractivity contribution in [1.82, 2.24) is 10.2 Å². The Morgan fingerprint density at radius 3 is 2.50 bits per heavy atom. The number of esters is 1. The molecule has 1 fully saturated rings. The van der Waals surface area contributed by atoms with Crippen LogP contribution in [0.25, 0.3) is 0 Å². The second kappa shape index (κ2) is 7.95. The fourth-order valence-corrected chi connectivity index (χ4v) is 2.56. The number of imide groups is 1. The molecule has 1 heterocycles. The summed E-state index contributed by atoms with van der Waals surface area (Å²) in [6, 6.07) is 8.16. The van der Waals surface area contributed by atoms with Crippen molar-refractivity contribution >= 4 is 23.7 Å². The van der Waals surface area contributed by atoms with Gasteiger partial charge in [0, 0.05) is 5.56 Å². The molecule has 0 bridgehead atoms. The zero-order valence-electron chi connectivity index (χ0n) is 14.4. The van der Waals surface area contributed by atoms with Crippen LogP contribution in [0.4, 0.5) is 13.6 Å². The molecular formula is C19H14F2N2O5. The summed E-state index contributed by atoms with van der Waals surface area (Å²) in [6.45, 7) is -0.743. The lowest BCUT2D eigenvalue weighted by molar-refractivity contribution is -0.125. The van der Waals surface area contributed by atoms with Crippen LogP contribution in [0, 0.1) is 11.6 Å². The van der Waals surface area contributed by atoms with E-state index in [-0.39, 0.29) is 30.1 Å². The summed E-state index contributed by atoms with van der Waals surface area (Å²) >= 11 is 0. The zero-order chi connectivity index (χ0) is 20.3. The number of carbonyl (C=O) groups is 4. The van der Waals surface area contributed by atoms with E-state index in [9.17, 15) is 28.0 Å². The number of nitrogens with zero attached hydrogens (tertiary/aromatic N) is 1. The molecule has 1 N–H and O–H groups in total. The first-order valence-electron chi connectivity index (χ1n) is 8.17. The molecule has 144 valence electrons. The summed E-state index contributed by atoms with van der Waals surface area (Å²) in [5, 5.41) is 2.39. The SMILES string of the molecule is O=C(COC(=O)c1cccc(CN2C(=O)CNC2=O)c1)c1ccc(F)c(F)c1. The quantitative estimate of drug-likeness (QED) is 0.465. The average Bonchev–Trinajstić information content (AvgIpc) is 3.00. The second-order valence-electron chi connectivity index (χ2n) is 5.97. The number of hydrogen-bond donors (Lipinski definition) is 1. The molecule has 3 amide bonds. The van der Waals surface area contributed by atoms with Crippen LogP contribution in [-0.4, -0.2) is 41.7 Å². The number of nitrogens with one attached hydrogen (secondary N) is 1. The number of halogens is 2. The predicted molar refractivity (Wildman–Crippen MR) is 91.4 cm³/mol. The number of benzene rings is 2. The van der Waals surface area contributed by atoms with Gasteiger partial charge in [0.1, 0.15) is 0 Å². The highest BCUT2D eigenvalue weighted by molar-refractivity contribution is 6.02. The van der Waals surface area contributed by atoms with Gasteiger partial charge >= 0.3 is 12.0 Å². The van der Waals surface area contributed by atoms with Gasteiger partial charge in [0.15, 0.2) is 24.0 Å². The summed E-state index contributed by atoms with van der Waals surface area (Å²) in [6.07, 6.45) is 0. The van der Waals surface area contributed by atoms with Gasteiger partial charge in [-0.15, -0.1) is 0 Å². The van der Waals surface area contributed by atoms with Gasteiger partial charge in [-0.2, -0.15) is 0 Å². The summed E-state index contributed by atoms with van der Waals surface area (Å²) < 4.78 is 31.0. The minimum atomic E-state index is -1.18. The Morgan fingerprint density at radius 2 is 1.82 bits per heavy atom. The van der Waals surface area contributed by atoms with Gasteiger partial charge in [-0.3, -0.25) is 14.5 Å². The highest BCUT2D eigenvalue weighted by atomic mass is 19.2. The van der Waals surface area contributed by atoms with Crippen molar-refractivity contribution in [3.05, 3.63) is 70.8 Å². The Morgan fingerprint density at radius 1 is 1.04 bits per heavy atom. The van der Waals surface area contributed by atoms with E-state index in [0.717, 1.165) is 23.1 Å². The largest absolute Gasteiger partial charge is 0.454 e. The number of amides is 3. The van der Waals surface area contributed by atoms with E-state index in [4.69, 9.17) is 4.74 Å². The number of hydrogen-bond acceptors (Lipinski definition) is 5. The first-order valence-corrected chi connectivity index (χ1v) is 8.17. The number of rotatable bonds is 6. The molecule has 0 radical (unpaired) electrons. The third-order valence-corrected chi connectivity index (χ3v) is 4.02. The standard InChI is InChI=1S/C19H14F2N2O5/c20-14-5-4-12(7-15(14)21)16(24)10-28-18(26)13-3-1-2-11(6-13)9-23-17(25)8-22-19(23)27/h1-7H,8-10H2,(H,22,27). The molecule has 3 rings (SSSR count). The summed E-state index contributed by atoms with van der Waals surface area (Å²) in [4.78, 5) is 48.3. The van der Waals surface area contributed by atoms with E-state index < -0.39 is 36.0 Å². The second-order valence-corrected chi connectivity index (χ2v) is 5.97. The minimum absolute atomic E-state index is 0.0143. The molecule has 0 atom stereocenters. The molecule has 0 saturated carbocycles. The number of carbonyl (C=O) groups excluding carboxylic acids is 4. The fraction of sp³-hybridized carbons (Fsp3) is 0.158. The van der Waals surface area contributed by atoms with Crippen molar-refractivity contribution in [3.8, 4) is 0 Å². The van der Waals surface area contributed by atoms with Gasteiger partial charge in [-0.05, 0) is 35.9 Å². The molecule has 1 saturated heterocycles. The summed E-state index contributed by atoms with van der Waals surface area (Å²) in [5.41, 5.74) is 0.508. The fourth-order valence-electron chi connectivity index (χ4n) is 2.56. The van der Waals surface area contributed by atoms with Gasteiger partial charge < -0.3 is 10.1 Å². The van der Waals surface area contributed by atoms with Crippen LogP contribution < -0.4 is 5.32 Å². The lowest BCUT2D eigenvalue weighted by Crippen LogP contribution is -2.30. The first-order chi connectivity index (χ1) is 13.3. The molecular weight excluding hydrogens is 374 g/mol. The van der Waals surface area contributed by atoms with Crippen LogP contribution >= 0.6 is 0 Å². The molecule has 1 aliphatic heterocycles. The minimum Gasteiger partial charge on any atom is -0.454 e. The van der Waals surface area contributed by atoms with E-state index in [1.807, 2.05) is 0 Å². The van der Waals surface area contributed by atoms with E-state index in [0.29, 0.717) is 5.56 Å². The molecule has 2 aromatic carbocycles. The molecule has 0 aliphatic carbocycles. The Bertz CT molecular complexity index is 961. The summed E-state index contributed by atoms with van der Waals surface area (Å²) in [5.74, 6) is -4.14. The van der Waals surface area contributed by atoms with Crippen molar-refractivity contribution in [2.45, 2.75) is 6.54 Å². The Hall–Kier alpha value is -3.62. The number of urea groups is 1. The molecule has 2 aromatic rings. The zero-order valence-corrected chi connectivity index (χ0v) is 14.4. The van der Waals surface area contributed by atoms with Gasteiger partial charge in [0.05, 0.1) is 18.7 Å². The first kappa shape index (κ1) is 19.2. The van der Waals surface area contributed by atoms with Crippen LogP contribution in [0.5, 0.6) is 0 Å². The maximum atomic E-state index is 13.2. The van der Waals surface area contributed by atoms with Crippen LogP contribution in [0.2, 0.25) is 0 Å². The van der Waals surface area contributed by atoms with Gasteiger partial charge in [-0.1, -0.05) is 12.1 Å². The third-order valence-electron chi connectivity index (χ3n) is 4.02. The van der Waals surface area contributed by atoms with Crippen LogP contribution in [0.1, 0.15) is 26.3 Å². The van der Waals surface area contributed by atoms with E-state index in [1.165, 1.54) is 12.1 Å². The van der Waals surface area contributed by atoms with Crippen LogP contribution in [0.15, 0.2) is 42.5 Å². The number of Topliss-reactive ketones (excluding diaryl/α,β-unsaturated/α-hetero) is 1. The maximum Gasteiger partial charge on any atom is 0.338 e. The Kier molecular flexibility index (Phi) is 5.44. The van der Waals surface area contributed by atoms with E-state index in [2.05, 4.69) is 5.32 Å². The Balaban J connectivity index is 1.62. The predicted octanol–water partition coefficient (Wildman–Crippen LogP) is 2.06. The van der Waals surface area contributed by atoms with Gasteiger partial charge in [-0.25, -0.2) is 18.4 Å². The number of ether oxygens (including phenoxy) is 1. The van der Waals surface area contributed by atoms with Crippen molar-refractivity contribution in [2.24, 2.45) is 0 Å². The van der Waals surface area contributed by atoms with Crippen LogP contribution in [0.3, 0.4) is 0 Å². The van der Waals surface area contributed by atoms with E-state index in [1.54, 1.807) is 12.1 Å². The molecule has 1 aliphatic rings. The lowest BCUT2D eigenvalue weighted by Gasteiger charge is -2.13. The van der Waals surface area contributed by atoms with E-state index >= 15 is 0 Å². The van der Waals surface area contributed by atoms with Gasteiger partial charge in [0.2, 0.25) is 5.91 Å². The molecule has 9 heteroatoms. The van der Waals surface area contributed by atoms with Crippen molar-refractivity contribution in [1.29, 1.82) is 0 Å². The van der Waals surface area contributed by atoms with Crippen molar-refractivity contribution in [3.63, 3.8) is 0 Å². The molecule has 28 heavy (non-hydrogen) atoms. The third kappa shape index (κ3) is 4.20. The highest BCUT2D eigenvalue weighted by Crippen LogP contribution is 2.13. The average molecular weight is 388 g/mol. The monoisotopic (exact) mass is 388 g/mol. The normalized spacial score (nSPS) is 13.4. The lowest BCUT2D eigenvalue weighted by atomic mass is 10.1. The molecule has 7 nitrogen and oxygen atoms in total. The molecule has 0 unspecified atom stereocenters. The number of ketones is 1. The Labute approximate surface area is 157 Å². The van der Waals surface area contributed by atoms with Gasteiger partial charge in [0.25, 0.3) is 0 Å². The molecule has 0 spiro atoms. The topological polar surface area (TPSA) is 92.8 Å². The van der Waals surface area contributed by atoms with Crippen LogP contribution in [-0.2, 0) is 16.1 Å². The highest BCUT2D eigenvalue weighted by Gasteiger charge is 2.28. The summed E-state index contributed by atoms with van der Waals surface area (Å²) in [7, 11) is 0. The smallest absolute Gasteiger partial charge is 0.338 e. The van der Waals surface area contributed by atoms with Crippen molar-refractivity contribution in [2.75, 3.05) is 13.2 Å².